The smallest absolute Gasteiger partial charge is 0.00858 e. The van der Waals surface area contributed by atoms with Crippen LogP contribution in [0.4, 0.5) is 0 Å². The van der Waals surface area contributed by atoms with Crippen molar-refractivity contribution in [3.05, 3.63) is 5.21 Å². The third kappa shape index (κ3) is 0.864. The van der Waals surface area contributed by atoms with Crippen molar-refractivity contribution < 1.29 is 0 Å². The molecule has 0 aliphatic heterocycles. The first kappa shape index (κ1) is 7.03. The summed E-state index contributed by atoms with van der Waals surface area (Å²) in [7, 11) is 1.62. The molecule has 0 aromatic carbocycles. The molecule has 1 aliphatic carbocycles. The minimum absolute atomic E-state index is 0.0417. The van der Waals surface area contributed by atoms with Crippen molar-refractivity contribution >= 4 is 0 Å². The topological polar surface area (TPSA) is 26.3 Å². The molecule has 54 valence electrons. The molecule has 0 radical (unpaired) electrons. The molecule has 1 rings (SSSR count). The summed E-state index contributed by atoms with van der Waals surface area (Å²) in [5, 5.41) is 12.0. The largest absolute Gasteiger partial charge is 0.785 e. The van der Waals surface area contributed by atoms with E-state index in [-0.39, 0.29) is 5.54 Å². The highest BCUT2D eigenvalue weighted by Crippen LogP contribution is 2.41. The molecule has 9 heavy (non-hydrogen) atoms. The van der Waals surface area contributed by atoms with Crippen molar-refractivity contribution in [2.75, 3.05) is 7.05 Å². The van der Waals surface area contributed by atoms with Crippen LogP contribution in [0.2, 0.25) is 0 Å². The highest BCUT2D eigenvalue weighted by atomic mass is 16.5. The molecule has 0 N–H and O–H groups in total. The van der Waals surface area contributed by atoms with Gasteiger partial charge >= 0.3 is 0 Å². The second-order valence-electron chi connectivity index (χ2n) is 3.29. The van der Waals surface area contributed by atoms with E-state index in [0.717, 1.165) is 11.5 Å². The van der Waals surface area contributed by atoms with Crippen molar-refractivity contribution in [3.8, 4) is 0 Å². The summed E-state index contributed by atoms with van der Waals surface area (Å²) < 4.78 is 0. The van der Waals surface area contributed by atoms with Crippen LogP contribution in [0.3, 0.4) is 0 Å². The molecule has 2 nitrogen and oxygen atoms in total. The number of nitrogens with zero attached hydrogens (tertiary/aromatic N) is 1. The molecule has 0 heterocycles. The van der Waals surface area contributed by atoms with E-state index in [2.05, 4.69) is 6.92 Å². The Morgan fingerprint density at radius 1 is 1.67 bits per heavy atom. The lowest BCUT2D eigenvalue weighted by Crippen LogP contribution is -2.52. The molecule has 0 aromatic heterocycles. The van der Waals surface area contributed by atoms with Gasteiger partial charge in [-0.15, -0.1) is 0 Å². The quantitative estimate of drug-likeness (QED) is 0.501. The zero-order chi connectivity index (χ0) is 7.07. The Morgan fingerprint density at radius 2 is 2.22 bits per heavy atom. The van der Waals surface area contributed by atoms with Gasteiger partial charge in [0.1, 0.15) is 0 Å². The third-order valence-corrected chi connectivity index (χ3v) is 2.86. The van der Waals surface area contributed by atoms with Crippen LogP contribution in [0, 0.1) is 11.1 Å². The zero-order valence-corrected chi connectivity index (χ0v) is 6.35. The minimum atomic E-state index is -0.0417. The Hall–Kier alpha value is -0.0800. The fraction of sp³-hybridized carbons (Fsp3) is 1.00. The average Bonchev–Trinajstić information content (AvgIpc) is 1.82. The van der Waals surface area contributed by atoms with E-state index in [1.54, 1.807) is 7.05 Å². The van der Waals surface area contributed by atoms with Gasteiger partial charge in [-0.3, -0.25) is 0 Å². The normalized spacial score (nSPS) is 43.0. The van der Waals surface area contributed by atoms with Gasteiger partial charge in [-0.25, -0.2) is 0 Å². The molecule has 0 bridgehead atoms. The second-order valence-corrected chi connectivity index (χ2v) is 3.29. The van der Waals surface area contributed by atoms with E-state index in [0.29, 0.717) is 5.92 Å². The third-order valence-electron chi connectivity index (χ3n) is 2.86. The lowest BCUT2D eigenvalue weighted by molar-refractivity contribution is 0.0299. The minimum Gasteiger partial charge on any atom is -0.785 e. The molecule has 2 unspecified atom stereocenters. The molecule has 0 spiro atoms. The van der Waals surface area contributed by atoms with Crippen LogP contribution >= 0.6 is 0 Å². The standard InChI is InChI=1S/C7H14NO/c1-6-4-5-7(6,2)8(3)9/h6H,4-5H2,1-3H3/q-1. The van der Waals surface area contributed by atoms with Gasteiger partial charge in [0.05, 0.1) is 0 Å². The maximum atomic E-state index is 10.9. The molecule has 1 saturated carbocycles. The molecule has 0 saturated heterocycles. The highest BCUT2D eigenvalue weighted by molar-refractivity contribution is 4.98. The Labute approximate surface area is 56.4 Å². The van der Waals surface area contributed by atoms with E-state index < -0.39 is 0 Å². The lowest BCUT2D eigenvalue weighted by atomic mass is 9.69. The van der Waals surface area contributed by atoms with Gasteiger partial charge in [0.25, 0.3) is 0 Å². The van der Waals surface area contributed by atoms with Gasteiger partial charge in [0.15, 0.2) is 0 Å². The molecule has 0 amide bonds. The van der Waals surface area contributed by atoms with Crippen LogP contribution in [-0.4, -0.2) is 17.6 Å². The molecule has 1 fully saturated rings. The maximum absolute atomic E-state index is 10.9. The van der Waals surface area contributed by atoms with Gasteiger partial charge < -0.3 is 10.3 Å². The Balaban J connectivity index is 2.53. The first-order valence-electron chi connectivity index (χ1n) is 3.48. The van der Waals surface area contributed by atoms with Crippen LogP contribution in [0.5, 0.6) is 0 Å². The summed E-state index contributed by atoms with van der Waals surface area (Å²) in [6, 6.07) is 0. The summed E-state index contributed by atoms with van der Waals surface area (Å²) in [5.74, 6) is 0.583. The molecule has 2 heteroatoms. The van der Waals surface area contributed by atoms with Crippen LogP contribution in [0.15, 0.2) is 0 Å². The number of hydroxylamine groups is 2. The number of hydrogen-bond acceptors (Lipinski definition) is 2. The first-order valence-corrected chi connectivity index (χ1v) is 3.48. The highest BCUT2D eigenvalue weighted by Gasteiger charge is 2.38. The van der Waals surface area contributed by atoms with E-state index >= 15 is 0 Å². The predicted molar refractivity (Wildman–Crippen MR) is 37.9 cm³/mol. The average molecular weight is 128 g/mol. The predicted octanol–water partition coefficient (Wildman–Crippen LogP) is 1.60. The molecule has 0 aromatic rings. The summed E-state index contributed by atoms with van der Waals surface area (Å²) in [5.41, 5.74) is -0.0417. The van der Waals surface area contributed by atoms with E-state index in [1.165, 1.54) is 6.42 Å². The first-order chi connectivity index (χ1) is 4.07. The van der Waals surface area contributed by atoms with Gasteiger partial charge in [-0.05, 0) is 32.7 Å². The second kappa shape index (κ2) is 1.96. The Bertz CT molecular complexity index is 107. The summed E-state index contributed by atoms with van der Waals surface area (Å²) in [6.45, 7) is 4.17. The van der Waals surface area contributed by atoms with Crippen LogP contribution in [0.1, 0.15) is 26.7 Å². The summed E-state index contributed by atoms with van der Waals surface area (Å²) >= 11 is 0. The Kier molecular flexibility index (Phi) is 1.53. The van der Waals surface area contributed by atoms with Crippen molar-refractivity contribution in [1.29, 1.82) is 0 Å². The van der Waals surface area contributed by atoms with E-state index in [1.807, 2.05) is 6.92 Å². The van der Waals surface area contributed by atoms with Gasteiger partial charge in [0, 0.05) is 5.54 Å². The van der Waals surface area contributed by atoms with Crippen molar-refractivity contribution in [1.82, 2.24) is 5.06 Å². The monoisotopic (exact) mass is 128 g/mol. The van der Waals surface area contributed by atoms with Crippen LogP contribution in [0.25, 0.3) is 0 Å². The Morgan fingerprint density at radius 3 is 2.22 bits per heavy atom. The molecular weight excluding hydrogens is 114 g/mol. The molecule has 2 atom stereocenters. The maximum Gasteiger partial charge on any atom is 0.00858 e. The van der Waals surface area contributed by atoms with Crippen molar-refractivity contribution in [3.63, 3.8) is 0 Å². The SMILES string of the molecule is CC1CCC1(C)N(C)[O-]. The van der Waals surface area contributed by atoms with Crippen LogP contribution in [-0.2, 0) is 0 Å². The fourth-order valence-corrected chi connectivity index (χ4v) is 1.32. The van der Waals surface area contributed by atoms with Gasteiger partial charge in [-0.2, -0.15) is 0 Å². The fourth-order valence-electron chi connectivity index (χ4n) is 1.32. The summed E-state index contributed by atoms with van der Waals surface area (Å²) in [4.78, 5) is 0. The van der Waals surface area contributed by atoms with Gasteiger partial charge in [-0.1, -0.05) is 6.92 Å². The van der Waals surface area contributed by atoms with Gasteiger partial charge in [0.2, 0.25) is 0 Å². The molecular formula is C7H14NO-. The van der Waals surface area contributed by atoms with E-state index in [4.69, 9.17) is 0 Å². The summed E-state index contributed by atoms with van der Waals surface area (Å²) in [6.07, 6.45) is 2.28. The van der Waals surface area contributed by atoms with E-state index in [9.17, 15) is 5.21 Å². The molecule has 1 aliphatic rings. The zero-order valence-electron chi connectivity index (χ0n) is 6.35. The van der Waals surface area contributed by atoms with Crippen LogP contribution < -0.4 is 0 Å². The number of rotatable bonds is 1. The lowest BCUT2D eigenvalue weighted by Gasteiger charge is -2.55. The van der Waals surface area contributed by atoms with Crippen molar-refractivity contribution in [2.45, 2.75) is 32.2 Å². The van der Waals surface area contributed by atoms with Crippen molar-refractivity contribution in [2.24, 2.45) is 5.92 Å². The number of hydrogen-bond donors (Lipinski definition) is 0.